The standard InChI is InChI=1S/C20H32N2O3/c1-23-17-12-19(24-2)18(20(13-17)25-3)15-22-11-5-4-8-16(22)14-21-9-6-7-10-21/h12-13,16H,4-11,14-15H2,1-3H3/t16-/m1/s1. The van der Waals surface area contributed by atoms with Crippen molar-refractivity contribution >= 4 is 0 Å². The number of methoxy groups -OCH3 is 3. The third-order valence-corrected chi connectivity index (χ3v) is 5.60. The summed E-state index contributed by atoms with van der Waals surface area (Å²) in [5, 5.41) is 0. The minimum Gasteiger partial charge on any atom is -0.496 e. The monoisotopic (exact) mass is 348 g/mol. The molecule has 0 radical (unpaired) electrons. The first-order valence-corrected chi connectivity index (χ1v) is 9.50. The van der Waals surface area contributed by atoms with E-state index >= 15 is 0 Å². The molecule has 2 aliphatic heterocycles. The maximum Gasteiger partial charge on any atom is 0.130 e. The molecule has 1 atom stereocenters. The van der Waals surface area contributed by atoms with Crippen molar-refractivity contribution in [3.8, 4) is 17.2 Å². The molecule has 5 heteroatoms. The van der Waals surface area contributed by atoms with E-state index < -0.39 is 0 Å². The molecule has 2 fully saturated rings. The van der Waals surface area contributed by atoms with E-state index in [-0.39, 0.29) is 0 Å². The molecular weight excluding hydrogens is 316 g/mol. The average Bonchev–Trinajstić information content (AvgIpc) is 3.16. The van der Waals surface area contributed by atoms with Gasteiger partial charge in [-0.05, 0) is 45.3 Å². The zero-order chi connectivity index (χ0) is 17.6. The van der Waals surface area contributed by atoms with E-state index in [0.29, 0.717) is 6.04 Å². The van der Waals surface area contributed by atoms with Gasteiger partial charge in [-0.25, -0.2) is 0 Å². The minimum absolute atomic E-state index is 0.628. The summed E-state index contributed by atoms with van der Waals surface area (Å²) in [7, 11) is 5.11. The highest BCUT2D eigenvalue weighted by atomic mass is 16.5. The summed E-state index contributed by atoms with van der Waals surface area (Å²) in [5.41, 5.74) is 1.12. The van der Waals surface area contributed by atoms with Crippen LogP contribution in [0.4, 0.5) is 0 Å². The molecule has 0 aromatic heterocycles. The first kappa shape index (κ1) is 18.3. The zero-order valence-electron chi connectivity index (χ0n) is 15.9. The van der Waals surface area contributed by atoms with Gasteiger partial charge >= 0.3 is 0 Å². The molecule has 2 aliphatic rings. The van der Waals surface area contributed by atoms with Gasteiger partial charge in [-0.15, -0.1) is 0 Å². The van der Waals surface area contributed by atoms with Crippen LogP contribution in [0.2, 0.25) is 0 Å². The summed E-state index contributed by atoms with van der Waals surface area (Å²) in [6.45, 7) is 5.74. The number of hydrogen-bond donors (Lipinski definition) is 0. The number of nitrogens with zero attached hydrogens (tertiary/aromatic N) is 2. The molecule has 0 unspecified atom stereocenters. The van der Waals surface area contributed by atoms with E-state index in [4.69, 9.17) is 14.2 Å². The van der Waals surface area contributed by atoms with Crippen LogP contribution in [-0.2, 0) is 6.54 Å². The molecule has 2 saturated heterocycles. The first-order chi connectivity index (χ1) is 12.2. The summed E-state index contributed by atoms with van der Waals surface area (Å²) in [5.74, 6) is 2.47. The second-order valence-corrected chi connectivity index (χ2v) is 7.14. The predicted octanol–water partition coefficient (Wildman–Crippen LogP) is 3.16. The molecule has 0 bridgehead atoms. The molecule has 0 saturated carbocycles. The topological polar surface area (TPSA) is 34.2 Å². The number of rotatable bonds is 7. The first-order valence-electron chi connectivity index (χ1n) is 9.50. The molecule has 1 aromatic rings. The van der Waals surface area contributed by atoms with Gasteiger partial charge < -0.3 is 19.1 Å². The average molecular weight is 348 g/mol. The second kappa shape index (κ2) is 8.77. The van der Waals surface area contributed by atoms with Gasteiger partial charge in [0.1, 0.15) is 17.2 Å². The second-order valence-electron chi connectivity index (χ2n) is 7.14. The van der Waals surface area contributed by atoms with Crippen LogP contribution in [0.3, 0.4) is 0 Å². The lowest BCUT2D eigenvalue weighted by molar-refractivity contribution is 0.104. The Bertz CT molecular complexity index is 533. The van der Waals surface area contributed by atoms with Crippen molar-refractivity contribution in [2.45, 2.75) is 44.7 Å². The van der Waals surface area contributed by atoms with Crippen molar-refractivity contribution in [1.29, 1.82) is 0 Å². The Hall–Kier alpha value is -1.46. The van der Waals surface area contributed by atoms with Gasteiger partial charge in [-0.3, -0.25) is 4.90 Å². The highest BCUT2D eigenvalue weighted by Crippen LogP contribution is 2.36. The van der Waals surface area contributed by atoms with Crippen LogP contribution in [0.25, 0.3) is 0 Å². The number of ether oxygens (including phenoxy) is 3. The summed E-state index contributed by atoms with van der Waals surface area (Å²) < 4.78 is 16.7. The van der Waals surface area contributed by atoms with Crippen molar-refractivity contribution in [2.75, 3.05) is 47.5 Å². The highest BCUT2D eigenvalue weighted by Gasteiger charge is 2.27. The van der Waals surface area contributed by atoms with Gasteiger partial charge in [0.15, 0.2) is 0 Å². The zero-order valence-corrected chi connectivity index (χ0v) is 15.9. The van der Waals surface area contributed by atoms with Gasteiger partial charge in [-0.2, -0.15) is 0 Å². The van der Waals surface area contributed by atoms with Crippen LogP contribution in [0.15, 0.2) is 12.1 Å². The van der Waals surface area contributed by atoms with Gasteiger partial charge in [0.2, 0.25) is 0 Å². The molecule has 3 rings (SSSR count). The van der Waals surface area contributed by atoms with Crippen LogP contribution < -0.4 is 14.2 Å². The maximum atomic E-state index is 5.64. The van der Waals surface area contributed by atoms with Crippen LogP contribution >= 0.6 is 0 Å². The summed E-state index contributed by atoms with van der Waals surface area (Å²) in [6, 6.07) is 4.54. The largest absolute Gasteiger partial charge is 0.496 e. The van der Waals surface area contributed by atoms with E-state index in [9.17, 15) is 0 Å². The van der Waals surface area contributed by atoms with Gasteiger partial charge in [0, 0.05) is 31.3 Å². The van der Waals surface area contributed by atoms with Crippen LogP contribution in [-0.4, -0.2) is 63.4 Å². The Morgan fingerprint density at radius 3 is 2.12 bits per heavy atom. The highest BCUT2D eigenvalue weighted by molar-refractivity contribution is 5.50. The Labute approximate surface area is 151 Å². The molecule has 1 aromatic carbocycles. The number of likely N-dealkylation sites (tertiary alicyclic amines) is 2. The molecular formula is C20H32N2O3. The molecule has 0 amide bonds. The third kappa shape index (κ3) is 4.39. The molecule has 0 aliphatic carbocycles. The Morgan fingerprint density at radius 2 is 1.52 bits per heavy atom. The molecule has 0 spiro atoms. The molecule has 2 heterocycles. The lowest BCUT2D eigenvalue weighted by Crippen LogP contribution is -2.45. The van der Waals surface area contributed by atoms with E-state index in [1.165, 1.54) is 51.7 Å². The third-order valence-electron chi connectivity index (χ3n) is 5.60. The Balaban J connectivity index is 1.78. The fourth-order valence-electron chi connectivity index (χ4n) is 4.17. The van der Waals surface area contributed by atoms with Crippen molar-refractivity contribution in [1.82, 2.24) is 9.80 Å². The van der Waals surface area contributed by atoms with Crippen molar-refractivity contribution in [2.24, 2.45) is 0 Å². The summed E-state index contributed by atoms with van der Waals surface area (Å²) in [4.78, 5) is 5.25. The number of piperidine rings is 1. The van der Waals surface area contributed by atoms with Crippen LogP contribution in [0.5, 0.6) is 17.2 Å². The van der Waals surface area contributed by atoms with E-state index in [2.05, 4.69) is 9.80 Å². The van der Waals surface area contributed by atoms with E-state index in [1.807, 2.05) is 12.1 Å². The number of benzene rings is 1. The van der Waals surface area contributed by atoms with Gasteiger partial charge in [-0.1, -0.05) is 6.42 Å². The summed E-state index contributed by atoms with van der Waals surface area (Å²) in [6.07, 6.45) is 6.61. The molecule has 140 valence electrons. The molecule has 25 heavy (non-hydrogen) atoms. The lowest BCUT2D eigenvalue weighted by Gasteiger charge is -2.38. The quantitative estimate of drug-likeness (QED) is 0.756. The summed E-state index contributed by atoms with van der Waals surface area (Å²) >= 11 is 0. The minimum atomic E-state index is 0.628. The van der Waals surface area contributed by atoms with Crippen molar-refractivity contribution in [3.63, 3.8) is 0 Å². The predicted molar refractivity (Wildman–Crippen MR) is 99.8 cm³/mol. The smallest absolute Gasteiger partial charge is 0.130 e. The molecule has 0 N–H and O–H groups in total. The van der Waals surface area contributed by atoms with E-state index in [0.717, 1.165) is 35.9 Å². The SMILES string of the molecule is COc1cc(OC)c(CN2CCCC[C@@H]2CN2CCCC2)c(OC)c1. The lowest BCUT2D eigenvalue weighted by atomic mass is 10.00. The van der Waals surface area contributed by atoms with Crippen LogP contribution in [0, 0.1) is 0 Å². The van der Waals surface area contributed by atoms with Gasteiger partial charge in [0.05, 0.1) is 26.9 Å². The fraction of sp³-hybridized carbons (Fsp3) is 0.700. The van der Waals surface area contributed by atoms with Crippen molar-refractivity contribution in [3.05, 3.63) is 17.7 Å². The Kier molecular flexibility index (Phi) is 6.43. The fourth-order valence-corrected chi connectivity index (χ4v) is 4.17. The van der Waals surface area contributed by atoms with Crippen LogP contribution in [0.1, 0.15) is 37.7 Å². The normalized spacial score (nSPS) is 22.1. The number of hydrogen-bond acceptors (Lipinski definition) is 5. The van der Waals surface area contributed by atoms with E-state index in [1.54, 1.807) is 21.3 Å². The maximum absolute atomic E-state index is 5.64. The Morgan fingerprint density at radius 1 is 0.880 bits per heavy atom. The molecule has 5 nitrogen and oxygen atoms in total. The van der Waals surface area contributed by atoms with Gasteiger partial charge in [0.25, 0.3) is 0 Å². The van der Waals surface area contributed by atoms with Crippen molar-refractivity contribution < 1.29 is 14.2 Å².